The Balaban J connectivity index is 1.57. The number of benzene rings is 2. The van der Waals surface area contributed by atoms with Crippen molar-refractivity contribution in [3.63, 3.8) is 0 Å². The molecule has 1 fully saturated rings. The van der Waals surface area contributed by atoms with E-state index in [1.807, 2.05) is 62.4 Å². The highest BCUT2D eigenvalue weighted by atomic mass is 16.2. The average molecular weight is 377 g/mol. The number of nitrogens with zero attached hydrogens (tertiary/aromatic N) is 2. The summed E-state index contributed by atoms with van der Waals surface area (Å²) >= 11 is 0. The van der Waals surface area contributed by atoms with Crippen LogP contribution < -0.4 is 10.2 Å². The standard InChI is InChI=1S/C22H23N3O3/c1-14-8-10-17(11-9-14)22(3)20(27)24(21(28)23-22)13-19(26)25-15(2)12-16-6-4-5-7-18(16)25/h4-11,15H,12-13H2,1-3H3,(H,23,28)/t15-,22-/m1/s1. The summed E-state index contributed by atoms with van der Waals surface area (Å²) in [4.78, 5) is 41.3. The molecule has 2 heterocycles. The number of hydrogen-bond acceptors (Lipinski definition) is 3. The Morgan fingerprint density at radius 2 is 1.82 bits per heavy atom. The lowest BCUT2D eigenvalue weighted by Crippen LogP contribution is -2.46. The molecular weight excluding hydrogens is 354 g/mol. The number of anilines is 1. The SMILES string of the molecule is Cc1ccc([C@@]2(C)NC(=O)N(CC(=O)N3c4ccccc4C[C@H]3C)C2=O)cc1. The number of aryl methyl sites for hydroxylation is 1. The fourth-order valence-electron chi connectivity index (χ4n) is 4.08. The third-order valence-electron chi connectivity index (χ3n) is 5.67. The van der Waals surface area contributed by atoms with E-state index in [2.05, 4.69) is 5.32 Å². The Labute approximate surface area is 164 Å². The summed E-state index contributed by atoms with van der Waals surface area (Å²) in [6, 6.07) is 14.7. The maximum atomic E-state index is 13.1. The summed E-state index contributed by atoms with van der Waals surface area (Å²) in [6.07, 6.45) is 0.767. The van der Waals surface area contributed by atoms with Crippen molar-refractivity contribution >= 4 is 23.5 Å². The molecule has 0 bridgehead atoms. The van der Waals surface area contributed by atoms with E-state index < -0.39 is 17.5 Å². The zero-order valence-electron chi connectivity index (χ0n) is 16.2. The molecule has 4 amide bonds. The number of fused-ring (bicyclic) bond motifs is 1. The number of urea groups is 1. The van der Waals surface area contributed by atoms with Crippen LogP contribution in [0.1, 0.15) is 30.5 Å². The minimum atomic E-state index is -1.17. The highest BCUT2D eigenvalue weighted by Crippen LogP contribution is 2.33. The molecule has 0 unspecified atom stereocenters. The zero-order chi connectivity index (χ0) is 20.1. The van der Waals surface area contributed by atoms with Gasteiger partial charge in [0.15, 0.2) is 0 Å². The second-order valence-electron chi connectivity index (χ2n) is 7.76. The Morgan fingerprint density at radius 3 is 2.54 bits per heavy atom. The number of rotatable bonds is 3. The van der Waals surface area contributed by atoms with E-state index in [0.717, 1.165) is 28.1 Å². The van der Waals surface area contributed by atoms with Crippen molar-refractivity contribution in [2.45, 2.75) is 38.8 Å². The highest BCUT2D eigenvalue weighted by Gasteiger charge is 2.50. The van der Waals surface area contributed by atoms with Crippen LogP contribution in [0.2, 0.25) is 0 Å². The van der Waals surface area contributed by atoms with Crippen molar-refractivity contribution in [1.29, 1.82) is 0 Å². The van der Waals surface area contributed by atoms with Crippen molar-refractivity contribution < 1.29 is 14.4 Å². The second kappa shape index (κ2) is 6.48. The molecule has 2 aromatic carbocycles. The molecule has 2 aliphatic heterocycles. The first kappa shape index (κ1) is 18.2. The first-order valence-electron chi connectivity index (χ1n) is 9.42. The Hall–Kier alpha value is -3.15. The maximum absolute atomic E-state index is 13.1. The fraction of sp³-hybridized carbons (Fsp3) is 0.318. The van der Waals surface area contributed by atoms with Crippen molar-refractivity contribution in [2.24, 2.45) is 0 Å². The van der Waals surface area contributed by atoms with Crippen molar-refractivity contribution in [3.05, 3.63) is 65.2 Å². The van der Waals surface area contributed by atoms with Crippen LogP contribution in [0.3, 0.4) is 0 Å². The van der Waals surface area contributed by atoms with Crippen molar-refractivity contribution in [1.82, 2.24) is 10.2 Å². The summed E-state index contributed by atoms with van der Waals surface area (Å²) < 4.78 is 0. The molecule has 6 nitrogen and oxygen atoms in total. The van der Waals surface area contributed by atoms with Crippen LogP contribution in [0, 0.1) is 6.92 Å². The van der Waals surface area contributed by atoms with Gasteiger partial charge in [-0.05, 0) is 44.4 Å². The predicted octanol–water partition coefficient (Wildman–Crippen LogP) is 2.74. The van der Waals surface area contributed by atoms with E-state index in [4.69, 9.17) is 0 Å². The summed E-state index contributed by atoms with van der Waals surface area (Å²) in [5.74, 6) is -0.663. The first-order chi connectivity index (χ1) is 13.3. The number of imide groups is 1. The Morgan fingerprint density at radius 1 is 1.14 bits per heavy atom. The molecule has 28 heavy (non-hydrogen) atoms. The van der Waals surface area contributed by atoms with E-state index in [1.165, 1.54) is 0 Å². The molecule has 1 saturated heterocycles. The van der Waals surface area contributed by atoms with Gasteiger partial charge in [0, 0.05) is 11.7 Å². The van der Waals surface area contributed by atoms with Crippen LogP contribution in [0.25, 0.3) is 0 Å². The minimum Gasteiger partial charge on any atom is -0.319 e. The molecule has 0 saturated carbocycles. The Kier molecular flexibility index (Phi) is 4.22. The van der Waals surface area contributed by atoms with E-state index in [9.17, 15) is 14.4 Å². The first-order valence-corrected chi connectivity index (χ1v) is 9.42. The number of hydrogen-bond donors (Lipinski definition) is 1. The summed E-state index contributed by atoms with van der Waals surface area (Å²) in [5, 5.41) is 2.76. The quantitative estimate of drug-likeness (QED) is 0.836. The van der Waals surface area contributed by atoms with Crippen LogP contribution in [-0.2, 0) is 21.5 Å². The summed E-state index contributed by atoms with van der Waals surface area (Å²) in [5.41, 5.74) is 2.56. The lowest BCUT2D eigenvalue weighted by molar-refractivity contribution is -0.134. The minimum absolute atomic E-state index is 0.00542. The van der Waals surface area contributed by atoms with Gasteiger partial charge in [-0.25, -0.2) is 4.79 Å². The maximum Gasteiger partial charge on any atom is 0.325 e. The van der Waals surface area contributed by atoms with Crippen LogP contribution >= 0.6 is 0 Å². The molecule has 0 aromatic heterocycles. The van der Waals surface area contributed by atoms with Gasteiger partial charge in [-0.15, -0.1) is 0 Å². The molecule has 2 atom stereocenters. The van der Waals surface area contributed by atoms with E-state index >= 15 is 0 Å². The number of carbonyl (C=O) groups excluding carboxylic acids is 3. The van der Waals surface area contributed by atoms with E-state index in [1.54, 1.807) is 11.8 Å². The number of nitrogens with one attached hydrogen (secondary N) is 1. The van der Waals surface area contributed by atoms with E-state index in [-0.39, 0.29) is 18.5 Å². The number of carbonyl (C=O) groups is 3. The summed E-state index contributed by atoms with van der Waals surface area (Å²) in [7, 11) is 0. The predicted molar refractivity (Wildman–Crippen MR) is 106 cm³/mol. The lowest BCUT2D eigenvalue weighted by atomic mass is 9.91. The molecule has 0 aliphatic carbocycles. The van der Waals surface area contributed by atoms with Gasteiger partial charge in [0.1, 0.15) is 12.1 Å². The molecule has 2 aliphatic rings. The third-order valence-corrected chi connectivity index (χ3v) is 5.67. The van der Waals surface area contributed by atoms with Gasteiger partial charge in [-0.3, -0.25) is 14.5 Å². The van der Waals surface area contributed by atoms with Gasteiger partial charge in [-0.2, -0.15) is 0 Å². The molecule has 0 spiro atoms. The van der Waals surface area contributed by atoms with Crippen LogP contribution in [0.4, 0.5) is 10.5 Å². The van der Waals surface area contributed by atoms with Crippen LogP contribution in [-0.4, -0.2) is 35.3 Å². The average Bonchev–Trinajstić information content (AvgIpc) is 3.11. The van der Waals surface area contributed by atoms with Gasteiger partial charge in [0.2, 0.25) is 5.91 Å². The van der Waals surface area contributed by atoms with Crippen molar-refractivity contribution in [3.8, 4) is 0 Å². The van der Waals surface area contributed by atoms with Gasteiger partial charge >= 0.3 is 6.03 Å². The molecule has 0 radical (unpaired) electrons. The molecular formula is C22H23N3O3. The zero-order valence-corrected chi connectivity index (χ0v) is 16.2. The normalized spacial score (nSPS) is 23.8. The topological polar surface area (TPSA) is 69.7 Å². The molecule has 4 rings (SSSR count). The Bertz CT molecular complexity index is 969. The van der Waals surface area contributed by atoms with Gasteiger partial charge in [-0.1, -0.05) is 48.0 Å². The third kappa shape index (κ3) is 2.76. The second-order valence-corrected chi connectivity index (χ2v) is 7.76. The number of para-hydroxylation sites is 1. The van der Waals surface area contributed by atoms with Crippen molar-refractivity contribution in [2.75, 3.05) is 11.4 Å². The molecule has 144 valence electrons. The fourth-order valence-corrected chi connectivity index (χ4v) is 4.08. The van der Waals surface area contributed by atoms with Crippen LogP contribution in [0.15, 0.2) is 48.5 Å². The summed E-state index contributed by atoms with van der Waals surface area (Å²) in [6.45, 7) is 5.34. The smallest absolute Gasteiger partial charge is 0.319 e. The van der Waals surface area contributed by atoms with E-state index in [0.29, 0.717) is 5.56 Å². The van der Waals surface area contributed by atoms with Gasteiger partial charge < -0.3 is 10.2 Å². The van der Waals surface area contributed by atoms with Gasteiger partial charge in [0.25, 0.3) is 5.91 Å². The lowest BCUT2D eigenvalue weighted by Gasteiger charge is -2.25. The molecule has 6 heteroatoms. The molecule has 1 N–H and O–H groups in total. The molecule has 2 aromatic rings. The monoisotopic (exact) mass is 377 g/mol. The highest BCUT2D eigenvalue weighted by molar-refractivity contribution is 6.10. The number of amides is 4. The largest absolute Gasteiger partial charge is 0.325 e. The van der Waals surface area contributed by atoms with Crippen LogP contribution in [0.5, 0.6) is 0 Å². The van der Waals surface area contributed by atoms with Gasteiger partial charge in [0.05, 0.1) is 0 Å².